The number of thioether (sulfide) groups is 1. The number of hydrogen-bond donors (Lipinski definition) is 0. The number of aromatic nitrogens is 3. The summed E-state index contributed by atoms with van der Waals surface area (Å²) in [5.74, 6) is 0.713. The van der Waals surface area contributed by atoms with E-state index in [9.17, 15) is 4.79 Å². The van der Waals surface area contributed by atoms with E-state index in [1.807, 2.05) is 42.5 Å². The minimum Gasteiger partial charge on any atom is -0.268 e. The van der Waals surface area contributed by atoms with Crippen molar-refractivity contribution in [3.63, 3.8) is 0 Å². The van der Waals surface area contributed by atoms with Crippen LogP contribution in [-0.2, 0) is 5.75 Å². The second kappa shape index (κ2) is 7.43. The third kappa shape index (κ3) is 3.43. The number of nitrogens with zero attached hydrogens (tertiary/aromatic N) is 3. The minimum atomic E-state index is -0.0830. The van der Waals surface area contributed by atoms with E-state index in [0.29, 0.717) is 27.5 Å². The molecule has 0 bridgehead atoms. The smallest absolute Gasteiger partial charge is 0.266 e. The predicted molar refractivity (Wildman–Crippen MR) is 109 cm³/mol. The van der Waals surface area contributed by atoms with Gasteiger partial charge in [0, 0.05) is 16.4 Å². The first-order chi connectivity index (χ1) is 12.7. The summed E-state index contributed by atoms with van der Waals surface area (Å²) in [6.07, 6.45) is 3.37. The van der Waals surface area contributed by atoms with Crippen LogP contribution in [0.3, 0.4) is 0 Å². The molecule has 4 rings (SSSR count). The summed E-state index contributed by atoms with van der Waals surface area (Å²) in [4.78, 5) is 22.0. The summed E-state index contributed by atoms with van der Waals surface area (Å²) in [6.45, 7) is 0. The van der Waals surface area contributed by atoms with Crippen LogP contribution in [0.1, 0.15) is 5.56 Å². The van der Waals surface area contributed by atoms with E-state index < -0.39 is 0 Å². The summed E-state index contributed by atoms with van der Waals surface area (Å²) < 4.78 is 2.67. The van der Waals surface area contributed by atoms with Gasteiger partial charge in [-0.3, -0.25) is 14.3 Å². The molecule has 0 N–H and O–H groups in total. The Morgan fingerprint density at radius 3 is 2.73 bits per heavy atom. The Kier molecular flexibility index (Phi) is 4.86. The van der Waals surface area contributed by atoms with Crippen LogP contribution in [0.5, 0.6) is 0 Å². The van der Waals surface area contributed by atoms with Crippen molar-refractivity contribution in [3.8, 4) is 5.69 Å². The molecule has 0 saturated heterocycles. The Labute approximate surface area is 163 Å². The molecule has 2 heterocycles. The van der Waals surface area contributed by atoms with Gasteiger partial charge < -0.3 is 0 Å². The highest BCUT2D eigenvalue weighted by atomic mass is 79.9. The van der Waals surface area contributed by atoms with Crippen molar-refractivity contribution in [2.24, 2.45) is 0 Å². The second-order valence-corrected chi connectivity index (χ2v) is 7.54. The van der Waals surface area contributed by atoms with Gasteiger partial charge in [-0.05, 0) is 42.0 Å². The van der Waals surface area contributed by atoms with Gasteiger partial charge in [-0.25, -0.2) is 4.98 Å². The fraction of sp³-hybridized carbons (Fsp3) is 0.0500. The van der Waals surface area contributed by atoms with Crippen LogP contribution < -0.4 is 5.56 Å². The molecule has 0 unspecified atom stereocenters. The van der Waals surface area contributed by atoms with Crippen LogP contribution in [0.15, 0.2) is 87.5 Å². The van der Waals surface area contributed by atoms with Crippen molar-refractivity contribution < 1.29 is 0 Å². The van der Waals surface area contributed by atoms with Crippen LogP contribution in [0.2, 0.25) is 0 Å². The van der Waals surface area contributed by atoms with Crippen molar-refractivity contribution >= 4 is 38.6 Å². The summed E-state index contributed by atoms with van der Waals surface area (Å²) in [6, 6.07) is 19.2. The first kappa shape index (κ1) is 17.0. The minimum absolute atomic E-state index is 0.0830. The van der Waals surface area contributed by atoms with E-state index in [1.165, 1.54) is 11.8 Å². The van der Waals surface area contributed by atoms with Gasteiger partial charge in [0.25, 0.3) is 5.56 Å². The second-order valence-electron chi connectivity index (χ2n) is 5.68. The van der Waals surface area contributed by atoms with Crippen LogP contribution in [-0.4, -0.2) is 14.5 Å². The Bertz CT molecular complexity index is 1130. The maximum atomic E-state index is 13.1. The highest BCUT2D eigenvalue weighted by molar-refractivity contribution is 9.10. The number of fused-ring (bicyclic) bond motifs is 1. The lowest BCUT2D eigenvalue weighted by Gasteiger charge is -2.13. The Morgan fingerprint density at radius 1 is 1.04 bits per heavy atom. The van der Waals surface area contributed by atoms with Crippen molar-refractivity contribution in [1.82, 2.24) is 14.5 Å². The molecule has 2 aromatic heterocycles. The third-order valence-corrected chi connectivity index (χ3v) is 5.41. The quantitative estimate of drug-likeness (QED) is 0.348. The normalized spacial score (nSPS) is 11.0. The highest BCUT2D eigenvalue weighted by Gasteiger charge is 2.13. The molecule has 0 radical (unpaired) electrons. The molecule has 26 heavy (non-hydrogen) atoms. The van der Waals surface area contributed by atoms with Gasteiger partial charge in [0.05, 0.1) is 22.8 Å². The molecular formula is C20H14BrN3OS. The molecule has 6 heteroatoms. The molecule has 0 aliphatic rings. The lowest BCUT2D eigenvalue weighted by Crippen LogP contribution is -2.21. The summed E-state index contributed by atoms with van der Waals surface area (Å²) in [5, 5.41) is 1.25. The number of benzene rings is 2. The zero-order valence-corrected chi connectivity index (χ0v) is 16.1. The molecule has 4 nitrogen and oxygen atoms in total. The SMILES string of the molecule is O=c1c2ccccc2nc(SCc2cccc(Br)c2)n1-c1cccnc1. The maximum absolute atomic E-state index is 13.1. The number of rotatable bonds is 4. The summed E-state index contributed by atoms with van der Waals surface area (Å²) in [5.41, 5.74) is 2.49. The molecule has 128 valence electrons. The average molecular weight is 424 g/mol. The molecule has 0 fully saturated rings. The van der Waals surface area contributed by atoms with Crippen LogP contribution in [0, 0.1) is 0 Å². The predicted octanol–water partition coefficient (Wildman–Crippen LogP) is 4.84. The van der Waals surface area contributed by atoms with Gasteiger partial charge in [-0.2, -0.15) is 0 Å². The average Bonchev–Trinajstić information content (AvgIpc) is 2.67. The molecular weight excluding hydrogens is 410 g/mol. The van der Waals surface area contributed by atoms with E-state index in [4.69, 9.17) is 4.98 Å². The molecule has 0 amide bonds. The van der Waals surface area contributed by atoms with Crippen LogP contribution >= 0.6 is 27.7 Å². The van der Waals surface area contributed by atoms with Crippen molar-refractivity contribution in [2.45, 2.75) is 10.9 Å². The zero-order valence-electron chi connectivity index (χ0n) is 13.7. The van der Waals surface area contributed by atoms with Gasteiger partial charge in [0.15, 0.2) is 5.16 Å². The standard InChI is InChI=1S/C20H14BrN3OS/c21-15-6-3-5-14(11-15)13-26-20-23-18-9-2-1-8-17(18)19(25)24(20)16-7-4-10-22-12-16/h1-12H,13H2. The van der Waals surface area contributed by atoms with E-state index in [2.05, 4.69) is 33.0 Å². The van der Waals surface area contributed by atoms with Crippen LogP contribution in [0.25, 0.3) is 16.6 Å². The van der Waals surface area contributed by atoms with Crippen LogP contribution in [0.4, 0.5) is 0 Å². The molecule has 0 aliphatic heterocycles. The number of pyridine rings is 1. The van der Waals surface area contributed by atoms with E-state index in [1.54, 1.807) is 23.0 Å². The molecule has 0 spiro atoms. The fourth-order valence-corrected chi connectivity index (χ4v) is 4.10. The van der Waals surface area contributed by atoms with Gasteiger partial charge in [-0.15, -0.1) is 0 Å². The highest BCUT2D eigenvalue weighted by Crippen LogP contribution is 2.25. The van der Waals surface area contributed by atoms with E-state index >= 15 is 0 Å². The van der Waals surface area contributed by atoms with E-state index in [0.717, 1.165) is 10.0 Å². The van der Waals surface area contributed by atoms with Gasteiger partial charge in [0.2, 0.25) is 0 Å². The monoisotopic (exact) mass is 423 g/mol. The van der Waals surface area contributed by atoms with E-state index in [-0.39, 0.29) is 5.56 Å². The van der Waals surface area contributed by atoms with Gasteiger partial charge in [-0.1, -0.05) is 52.0 Å². The third-order valence-electron chi connectivity index (χ3n) is 3.91. The largest absolute Gasteiger partial charge is 0.268 e. The summed E-state index contributed by atoms with van der Waals surface area (Å²) >= 11 is 5.03. The molecule has 0 saturated carbocycles. The Balaban J connectivity index is 1.83. The van der Waals surface area contributed by atoms with Gasteiger partial charge in [0.1, 0.15) is 0 Å². The maximum Gasteiger partial charge on any atom is 0.266 e. The number of hydrogen-bond acceptors (Lipinski definition) is 4. The van der Waals surface area contributed by atoms with Crippen molar-refractivity contribution in [3.05, 3.63) is 93.4 Å². The summed E-state index contributed by atoms with van der Waals surface area (Å²) in [7, 11) is 0. The first-order valence-corrected chi connectivity index (χ1v) is 9.80. The van der Waals surface area contributed by atoms with Crippen molar-refractivity contribution in [2.75, 3.05) is 0 Å². The molecule has 0 aliphatic carbocycles. The lowest BCUT2D eigenvalue weighted by atomic mass is 10.2. The fourth-order valence-electron chi connectivity index (χ4n) is 2.70. The Morgan fingerprint density at radius 2 is 1.92 bits per heavy atom. The molecule has 2 aromatic carbocycles. The first-order valence-electron chi connectivity index (χ1n) is 8.02. The topological polar surface area (TPSA) is 47.8 Å². The Hall–Kier alpha value is -2.44. The van der Waals surface area contributed by atoms with Gasteiger partial charge >= 0.3 is 0 Å². The number of halogens is 1. The van der Waals surface area contributed by atoms with Crippen molar-refractivity contribution in [1.29, 1.82) is 0 Å². The molecule has 4 aromatic rings. The lowest BCUT2D eigenvalue weighted by molar-refractivity contribution is 0.815. The zero-order chi connectivity index (χ0) is 17.9. The number of para-hydroxylation sites is 1. The molecule has 0 atom stereocenters.